The van der Waals surface area contributed by atoms with E-state index >= 15 is 0 Å². The predicted molar refractivity (Wildman–Crippen MR) is 225 cm³/mol. The number of benzene rings is 9. The van der Waals surface area contributed by atoms with Gasteiger partial charge in [0.2, 0.25) is 0 Å². The Kier molecular flexibility index (Phi) is 4.35. The second-order valence-corrected chi connectivity index (χ2v) is 12.1. The maximum Gasteiger partial charge on any atom is 0.164 e. The summed E-state index contributed by atoms with van der Waals surface area (Å²) in [4.78, 5) is 14.0. The lowest BCUT2D eigenvalue weighted by atomic mass is 9.92. The second kappa shape index (κ2) is 13.4. The summed E-state index contributed by atoms with van der Waals surface area (Å²) in [5.41, 5.74) is -0.214. The molecule has 54 heavy (non-hydrogen) atoms. The Labute approximate surface area is 340 Å². The van der Waals surface area contributed by atoms with Gasteiger partial charge in [0.15, 0.2) is 17.5 Å². The lowest BCUT2D eigenvalue weighted by Gasteiger charge is -2.12. The molecule has 0 amide bonds. The highest BCUT2D eigenvalue weighted by atomic mass is 15.0. The van der Waals surface area contributed by atoms with Gasteiger partial charge in [-0.15, -0.1) is 0 Å². The molecule has 0 spiro atoms. The highest BCUT2D eigenvalue weighted by Crippen LogP contribution is 2.37. The molecule has 1 aromatic heterocycles. The molecule has 0 unspecified atom stereocenters. The van der Waals surface area contributed by atoms with E-state index in [2.05, 4.69) is 9.97 Å². The van der Waals surface area contributed by atoms with Crippen LogP contribution in [0.4, 0.5) is 0 Å². The van der Waals surface area contributed by atoms with Crippen molar-refractivity contribution in [3.8, 4) is 67.5 Å². The van der Waals surface area contributed by atoms with E-state index in [1.165, 1.54) is 0 Å². The first-order chi connectivity index (χ1) is 34.7. The first-order valence-corrected chi connectivity index (χ1v) is 16.7. The van der Waals surface area contributed by atoms with Gasteiger partial charge in [-0.05, 0) is 77.8 Å². The fourth-order valence-corrected chi connectivity index (χ4v) is 6.19. The van der Waals surface area contributed by atoms with Crippen LogP contribution in [0.25, 0.3) is 99.9 Å². The Morgan fingerprint density at radius 2 is 0.667 bits per heavy atom. The molecule has 0 aliphatic rings. The van der Waals surface area contributed by atoms with Gasteiger partial charge in [-0.25, -0.2) is 15.0 Å². The second-order valence-electron chi connectivity index (χ2n) is 12.1. The van der Waals surface area contributed by atoms with Crippen molar-refractivity contribution in [3.63, 3.8) is 0 Å². The van der Waals surface area contributed by atoms with Crippen molar-refractivity contribution >= 4 is 32.3 Å². The maximum atomic E-state index is 9.59. The van der Waals surface area contributed by atoms with Crippen LogP contribution in [0.1, 0.15) is 26.0 Å². The number of aromatic nitrogens is 3. The van der Waals surface area contributed by atoms with Crippen LogP contribution in [0.2, 0.25) is 0 Å². The molecule has 0 N–H and O–H groups in total. The molecule has 9 aromatic carbocycles. The minimum Gasteiger partial charge on any atom is -0.208 e. The van der Waals surface area contributed by atoms with Gasteiger partial charge in [0.25, 0.3) is 0 Å². The van der Waals surface area contributed by atoms with Gasteiger partial charge < -0.3 is 0 Å². The van der Waals surface area contributed by atoms with Gasteiger partial charge in [0.05, 0.1) is 26.0 Å². The van der Waals surface area contributed by atoms with Crippen molar-refractivity contribution in [2.45, 2.75) is 0 Å². The van der Waals surface area contributed by atoms with E-state index in [0.717, 1.165) is 11.1 Å². The minimum atomic E-state index is -0.932. The van der Waals surface area contributed by atoms with E-state index in [1.807, 2.05) is 48.5 Å². The summed E-state index contributed by atoms with van der Waals surface area (Å²) in [7, 11) is 0. The molecule has 0 saturated carbocycles. The molecule has 0 atom stereocenters. The smallest absolute Gasteiger partial charge is 0.164 e. The SMILES string of the molecule is [2H]c1c([2H])c(-c2c([2H])c([2H])c(-c3c([2H])c([2H])c4c5c([2H])c([2H])c([2H])c([2H])c5c5c([2H])c([2H])c([2H])c([2H])c5c4c3[2H])c([2H])c2[2H])c([2H])c([2H])c1-c1nc(-c2ccccc2)nc(-c2cccc(-c3ccccc3)c2)n1. The molecular formula is C51H33N3. The van der Waals surface area contributed by atoms with E-state index in [0.29, 0.717) is 11.1 Å². The zero-order valence-electron chi connectivity index (χ0n) is 46.9. The summed E-state index contributed by atoms with van der Waals surface area (Å²) in [5, 5.41) is -2.60. The monoisotopic (exact) mass is 706 g/mol. The number of hydrogen-bond acceptors (Lipinski definition) is 3. The van der Waals surface area contributed by atoms with Crippen molar-refractivity contribution in [1.29, 1.82) is 0 Å². The van der Waals surface area contributed by atoms with Crippen LogP contribution in [0.3, 0.4) is 0 Å². The Bertz CT molecular complexity index is 3970. The lowest BCUT2D eigenvalue weighted by molar-refractivity contribution is 1.07. The van der Waals surface area contributed by atoms with Gasteiger partial charge >= 0.3 is 0 Å². The average molecular weight is 707 g/mol. The first kappa shape index (κ1) is 17.5. The predicted octanol–water partition coefficient (Wildman–Crippen LogP) is 13.3. The largest absolute Gasteiger partial charge is 0.208 e. The third kappa shape index (κ3) is 5.78. The van der Waals surface area contributed by atoms with E-state index in [1.54, 1.807) is 36.4 Å². The van der Waals surface area contributed by atoms with Gasteiger partial charge in [0, 0.05) is 16.7 Å². The highest BCUT2D eigenvalue weighted by Gasteiger charge is 2.14. The number of fused-ring (bicyclic) bond motifs is 6. The summed E-state index contributed by atoms with van der Waals surface area (Å²) in [6, 6.07) is 10.6. The lowest BCUT2D eigenvalue weighted by Crippen LogP contribution is -2.00. The van der Waals surface area contributed by atoms with Crippen LogP contribution in [0.15, 0.2) is 200 Å². The molecule has 0 fully saturated rings. The molecule has 252 valence electrons. The van der Waals surface area contributed by atoms with Crippen LogP contribution < -0.4 is 0 Å². The Morgan fingerprint density at radius 3 is 1.24 bits per heavy atom. The van der Waals surface area contributed by atoms with E-state index in [9.17, 15) is 15.1 Å². The molecule has 1 heterocycles. The van der Waals surface area contributed by atoms with Crippen LogP contribution in [-0.2, 0) is 0 Å². The molecular weight excluding hydrogens is 655 g/mol. The molecule has 0 radical (unpaired) electrons. The molecule has 10 rings (SSSR count). The molecule has 0 aliphatic heterocycles. The topological polar surface area (TPSA) is 38.7 Å². The van der Waals surface area contributed by atoms with Gasteiger partial charge in [-0.2, -0.15) is 0 Å². The zero-order chi connectivity index (χ0) is 52.4. The third-order valence-electron chi connectivity index (χ3n) is 8.81. The van der Waals surface area contributed by atoms with Gasteiger partial charge in [-0.1, -0.05) is 188 Å². The third-order valence-corrected chi connectivity index (χ3v) is 8.81. The van der Waals surface area contributed by atoms with E-state index < -0.39 is 164 Å². The molecule has 3 nitrogen and oxygen atoms in total. The van der Waals surface area contributed by atoms with Crippen LogP contribution in [-0.4, -0.2) is 15.0 Å². The molecule has 0 saturated heterocycles. The van der Waals surface area contributed by atoms with Crippen molar-refractivity contribution < 1.29 is 26.0 Å². The van der Waals surface area contributed by atoms with Crippen LogP contribution >= 0.6 is 0 Å². The Hall–Kier alpha value is -7.23. The normalized spacial score (nSPS) is 16.3. The van der Waals surface area contributed by atoms with Crippen molar-refractivity contribution in [1.82, 2.24) is 15.0 Å². The minimum absolute atomic E-state index is 0.149. The van der Waals surface area contributed by atoms with Crippen LogP contribution in [0, 0.1) is 0 Å². The summed E-state index contributed by atoms with van der Waals surface area (Å²) < 4.78 is 172. The van der Waals surface area contributed by atoms with Gasteiger partial charge in [0.1, 0.15) is 0 Å². The molecule has 3 heteroatoms. The van der Waals surface area contributed by atoms with Gasteiger partial charge in [-0.3, -0.25) is 0 Å². The quantitative estimate of drug-likeness (QED) is 0.162. The van der Waals surface area contributed by atoms with E-state index in [-0.39, 0.29) is 28.4 Å². The number of nitrogens with zero attached hydrogens (tertiary/aromatic N) is 3. The Morgan fingerprint density at radius 1 is 0.278 bits per heavy atom. The summed E-state index contributed by atoms with van der Waals surface area (Å²) in [6.07, 6.45) is 0. The highest BCUT2D eigenvalue weighted by molar-refractivity contribution is 6.25. The van der Waals surface area contributed by atoms with Crippen molar-refractivity contribution in [3.05, 3.63) is 200 Å². The Balaban J connectivity index is 1.20. The zero-order valence-corrected chi connectivity index (χ0v) is 27.9. The first-order valence-electron chi connectivity index (χ1n) is 26.2. The molecule has 0 bridgehead atoms. The number of rotatable bonds is 6. The summed E-state index contributed by atoms with van der Waals surface area (Å²) >= 11 is 0. The fraction of sp³-hybridized carbons (Fsp3) is 0. The van der Waals surface area contributed by atoms with Crippen molar-refractivity contribution in [2.75, 3.05) is 0 Å². The fourth-order valence-electron chi connectivity index (χ4n) is 6.19. The summed E-state index contributed by atoms with van der Waals surface area (Å²) in [6.45, 7) is 0. The molecule has 0 aliphatic carbocycles. The molecule has 10 aromatic rings. The van der Waals surface area contributed by atoms with Crippen LogP contribution in [0.5, 0.6) is 0 Å². The number of hydrogen-bond donors (Lipinski definition) is 0. The standard InChI is InChI=1S/C51H33N3/c1-3-12-34(13-4-1)40-16-11-17-42(32-40)51-53-49(38-14-5-2-6-15-38)52-50(54-51)39-28-26-36(27-29-39)35-22-24-37(25-23-35)41-30-31-47-45-20-8-7-18-43(45)44-19-9-10-21-46(44)48(47)33-41/h1-33H/i7D,8D,9D,10D,18D,19D,20D,21D,22D,23D,24D,25D,26D,27D,28D,29D,30D,31D,33D. The average Bonchev–Trinajstić information content (AvgIpc) is 3.40. The summed E-state index contributed by atoms with van der Waals surface area (Å²) in [5.74, 6) is 0.0668. The maximum absolute atomic E-state index is 9.59. The van der Waals surface area contributed by atoms with Crippen molar-refractivity contribution in [2.24, 2.45) is 0 Å². The van der Waals surface area contributed by atoms with E-state index in [4.69, 9.17) is 16.0 Å².